The highest BCUT2D eigenvalue weighted by atomic mass is 35.5. The van der Waals surface area contributed by atoms with Crippen molar-refractivity contribution in [3.8, 4) is 0 Å². The van der Waals surface area contributed by atoms with E-state index >= 15 is 0 Å². The Morgan fingerprint density at radius 2 is 1.46 bits per heavy atom. The molecule has 0 atom stereocenters. The molecule has 0 heterocycles. The summed E-state index contributed by atoms with van der Waals surface area (Å²) < 4.78 is 30.0. The molecule has 0 aliphatic rings. The zero-order valence-electron chi connectivity index (χ0n) is 5.96. The fourth-order valence-electron chi connectivity index (χ4n) is 0.702. The molecule has 7 heteroatoms. The van der Waals surface area contributed by atoms with Gasteiger partial charge in [0, 0.05) is 0 Å². The van der Waals surface area contributed by atoms with E-state index in [1.165, 1.54) is 0 Å². The molecule has 0 amide bonds. The molecule has 0 aromatic heterocycles. The lowest BCUT2D eigenvalue weighted by Gasteiger charge is -2.02. The lowest BCUT2D eigenvalue weighted by molar-refractivity contribution is 0.483. The molecule has 0 aliphatic carbocycles. The van der Waals surface area contributed by atoms with Crippen LogP contribution in [-0.2, 0) is 10.1 Å². The Kier molecular flexibility index (Phi) is 3.09. The first kappa shape index (κ1) is 11.1. The standard InChI is InChI=1S/C6H3Cl3O3S/c7-3-1-5(9)6(2-4(3)8)13(10,11)12/h1-2H,(H,10,11,12). The van der Waals surface area contributed by atoms with E-state index in [-0.39, 0.29) is 15.1 Å². The van der Waals surface area contributed by atoms with E-state index in [1.54, 1.807) is 0 Å². The number of hydrogen-bond acceptors (Lipinski definition) is 2. The zero-order valence-corrected chi connectivity index (χ0v) is 9.04. The van der Waals surface area contributed by atoms with Crippen molar-refractivity contribution in [2.45, 2.75) is 4.90 Å². The second kappa shape index (κ2) is 3.63. The van der Waals surface area contributed by atoms with E-state index in [0.717, 1.165) is 12.1 Å². The van der Waals surface area contributed by atoms with Crippen molar-refractivity contribution >= 4 is 44.9 Å². The minimum Gasteiger partial charge on any atom is -0.282 e. The van der Waals surface area contributed by atoms with Gasteiger partial charge in [0.15, 0.2) is 0 Å². The van der Waals surface area contributed by atoms with Crippen LogP contribution in [-0.4, -0.2) is 13.0 Å². The molecule has 0 radical (unpaired) electrons. The van der Waals surface area contributed by atoms with E-state index in [0.29, 0.717) is 0 Å². The Labute approximate surface area is 90.0 Å². The van der Waals surface area contributed by atoms with Gasteiger partial charge in [0.1, 0.15) is 4.90 Å². The molecular formula is C6H3Cl3O3S. The molecular weight excluding hydrogens is 258 g/mol. The minimum absolute atomic E-state index is 0.0127. The Morgan fingerprint density at radius 1 is 1.00 bits per heavy atom. The number of benzene rings is 1. The summed E-state index contributed by atoms with van der Waals surface area (Å²) in [6.45, 7) is 0. The number of halogens is 3. The second-order valence-corrected chi connectivity index (χ2v) is 4.78. The molecule has 0 spiro atoms. The molecule has 72 valence electrons. The molecule has 0 saturated carbocycles. The third-order valence-electron chi connectivity index (χ3n) is 1.25. The topological polar surface area (TPSA) is 54.4 Å². The molecule has 1 aromatic carbocycles. The third kappa shape index (κ3) is 2.48. The van der Waals surface area contributed by atoms with Gasteiger partial charge in [-0.25, -0.2) is 0 Å². The van der Waals surface area contributed by atoms with Crippen LogP contribution in [0.2, 0.25) is 15.1 Å². The normalized spacial score (nSPS) is 11.7. The first-order valence-electron chi connectivity index (χ1n) is 2.94. The molecule has 13 heavy (non-hydrogen) atoms. The quantitative estimate of drug-likeness (QED) is 0.625. The Bertz CT molecular complexity index is 441. The van der Waals surface area contributed by atoms with Gasteiger partial charge in [0.05, 0.1) is 15.1 Å². The van der Waals surface area contributed by atoms with Crippen LogP contribution in [0.3, 0.4) is 0 Å². The molecule has 1 rings (SSSR count). The zero-order chi connectivity index (χ0) is 10.2. The lowest BCUT2D eigenvalue weighted by atomic mass is 10.4. The van der Waals surface area contributed by atoms with Crippen LogP contribution in [0.15, 0.2) is 17.0 Å². The fourth-order valence-corrected chi connectivity index (χ4v) is 2.18. The summed E-state index contributed by atoms with van der Waals surface area (Å²) in [5.41, 5.74) is 0. The lowest BCUT2D eigenvalue weighted by Crippen LogP contribution is -1.98. The van der Waals surface area contributed by atoms with Gasteiger partial charge in [-0.05, 0) is 12.1 Å². The van der Waals surface area contributed by atoms with Gasteiger partial charge in [-0.3, -0.25) is 4.55 Å². The average molecular weight is 262 g/mol. The predicted molar refractivity (Wildman–Crippen MR) is 51.3 cm³/mol. The SMILES string of the molecule is O=S(=O)(O)c1cc(Cl)c(Cl)cc1Cl. The van der Waals surface area contributed by atoms with Gasteiger partial charge in [0.25, 0.3) is 10.1 Å². The van der Waals surface area contributed by atoms with Crippen molar-refractivity contribution in [1.82, 2.24) is 0 Å². The third-order valence-corrected chi connectivity index (χ3v) is 3.29. The monoisotopic (exact) mass is 260 g/mol. The maximum atomic E-state index is 10.7. The predicted octanol–water partition coefficient (Wildman–Crippen LogP) is 2.89. The van der Waals surface area contributed by atoms with E-state index in [2.05, 4.69) is 0 Å². The molecule has 1 N–H and O–H groups in total. The van der Waals surface area contributed by atoms with Gasteiger partial charge in [-0.2, -0.15) is 8.42 Å². The average Bonchev–Trinajstić information content (AvgIpc) is 1.94. The maximum absolute atomic E-state index is 10.7. The number of hydrogen-bond donors (Lipinski definition) is 1. The van der Waals surface area contributed by atoms with Crippen LogP contribution in [0, 0.1) is 0 Å². The minimum atomic E-state index is -4.35. The largest absolute Gasteiger partial charge is 0.296 e. The van der Waals surface area contributed by atoms with Crippen LogP contribution in [0.1, 0.15) is 0 Å². The van der Waals surface area contributed by atoms with E-state index in [9.17, 15) is 8.42 Å². The van der Waals surface area contributed by atoms with Crippen molar-refractivity contribution in [2.24, 2.45) is 0 Å². The first-order chi connectivity index (χ1) is 5.82. The smallest absolute Gasteiger partial charge is 0.282 e. The van der Waals surface area contributed by atoms with Crippen molar-refractivity contribution in [2.75, 3.05) is 0 Å². The summed E-state index contributed by atoms with van der Waals surface area (Å²) >= 11 is 16.6. The number of rotatable bonds is 1. The summed E-state index contributed by atoms with van der Waals surface area (Å²) in [4.78, 5) is -0.455. The van der Waals surface area contributed by atoms with Crippen LogP contribution in [0.25, 0.3) is 0 Å². The summed E-state index contributed by atoms with van der Waals surface area (Å²) in [5, 5.41) is -0.0327. The van der Waals surface area contributed by atoms with Gasteiger partial charge in [-0.15, -0.1) is 0 Å². The van der Waals surface area contributed by atoms with Gasteiger partial charge >= 0.3 is 0 Å². The molecule has 3 nitrogen and oxygen atoms in total. The molecule has 0 unspecified atom stereocenters. The summed E-state index contributed by atoms with van der Waals surface area (Å²) in [5.74, 6) is 0. The van der Waals surface area contributed by atoms with Gasteiger partial charge in [-0.1, -0.05) is 34.8 Å². The Morgan fingerprint density at radius 3 is 1.92 bits per heavy atom. The summed E-state index contributed by atoms with van der Waals surface area (Å²) in [6, 6.07) is 2.14. The highest BCUT2D eigenvalue weighted by Gasteiger charge is 2.16. The van der Waals surface area contributed by atoms with E-state index < -0.39 is 15.0 Å². The highest BCUT2D eigenvalue weighted by Crippen LogP contribution is 2.31. The van der Waals surface area contributed by atoms with Crippen molar-refractivity contribution in [3.05, 3.63) is 27.2 Å². The van der Waals surface area contributed by atoms with Crippen molar-refractivity contribution in [1.29, 1.82) is 0 Å². The first-order valence-corrected chi connectivity index (χ1v) is 5.52. The summed E-state index contributed by atoms with van der Waals surface area (Å²) in [6.07, 6.45) is 0. The van der Waals surface area contributed by atoms with Crippen LogP contribution in [0.4, 0.5) is 0 Å². The van der Waals surface area contributed by atoms with Gasteiger partial charge < -0.3 is 0 Å². The van der Waals surface area contributed by atoms with E-state index in [1.807, 2.05) is 0 Å². The fraction of sp³-hybridized carbons (Fsp3) is 0. The van der Waals surface area contributed by atoms with Crippen LogP contribution in [0.5, 0.6) is 0 Å². The second-order valence-electron chi connectivity index (χ2n) is 2.17. The molecule has 0 bridgehead atoms. The van der Waals surface area contributed by atoms with Crippen molar-refractivity contribution < 1.29 is 13.0 Å². The summed E-state index contributed by atoms with van der Waals surface area (Å²) in [7, 11) is -4.35. The molecule has 0 fully saturated rings. The van der Waals surface area contributed by atoms with Gasteiger partial charge in [0.2, 0.25) is 0 Å². The molecule has 0 aliphatic heterocycles. The molecule has 0 saturated heterocycles. The van der Waals surface area contributed by atoms with Crippen LogP contribution < -0.4 is 0 Å². The maximum Gasteiger partial charge on any atom is 0.296 e. The highest BCUT2D eigenvalue weighted by molar-refractivity contribution is 7.86. The van der Waals surface area contributed by atoms with E-state index in [4.69, 9.17) is 39.4 Å². The van der Waals surface area contributed by atoms with Crippen molar-refractivity contribution in [3.63, 3.8) is 0 Å². The van der Waals surface area contributed by atoms with Crippen LogP contribution >= 0.6 is 34.8 Å². The molecule has 1 aromatic rings. The Balaban J connectivity index is 3.50. The Hall–Kier alpha value is -0.000000000000000167.